The average molecular weight is 400 g/mol. The highest BCUT2D eigenvalue weighted by molar-refractivity contribution is 7.13. The first-order chi connectivity index (χ1) is 13.5. The Morgan fingerprint density at radius 1 is 1.18 bits per heavy atom. The van der Waals surface area contributed by atoms with E-state index in [1.165, 1.54) is 17.4 Å². The molecule has 0 saturated heterocycles. The lowest BCUT2D eigenvalue weighted by Gasteiger charge is -2.05. The Morgan fingerprint density at radius 2 is 2.04 bits per heavy atom. The van der Waals surface area contributed by atoms with Crippen LogP contribution in [0.25, 0.3) is 22.4 Å². The predicted octanol–water partition coefficient (Wildman–Crippen LogP) is 4.26. The van der Waals surface area contributed by atoms with E-state index in [4.69, 9.17) is 0 Å². The number of para-hydroxylation sites is 2. The van der Waals surface area contributed by atoms with Gasteiger partial charge in [-0.05, 0) is 24.3 Å². The van der Waals surface area contributed by atoms with E-state index >= 15 is 0 Å². The fraction of sp³-hybridized carbons (Fsp3) is 0.0556. The molecule has 1 aliphatic rings. The maximum Gasteiger partial charge on any atom is 0.586 e. The van der Waals surface area contributed by atoms with Gasteiger partial charge in [-0.25, -0.2) is 9.97 Å². The number of carbonyl (C=O) groups excluding carboxylic acids is 1. The largest absolute Gasteiger partial charge is 0.586 e. The molecule has 3 heterocycles. The van der Waals surface area contributed by atoms with E-state index in [0.29, 0.717) is 27.3 Å². The topological polar surface area (TPSA) is 89.1 Å². The maximum absolute atomic E-state index is 13.5. The number of benzene rings is 2. The molecule has 1 aliphatic heterocycles. The summed E-state index contributed by atoms with van der Waals surface area (Å²) >= 11 is 1.29. The van der Waals surface area contributed by atoms with Crippen LogP contribution >= 0.6 is 11.3 Å². The number of hydrogen-bond donors (Lipinski definition) is 2. The molecule has 0 unspecified atom stereocenters. The molecule has 0 spiro atoms. The summed E-state index contributed by atoms with van der Waals surface area (Å²) in [5, 5.41) is 4.91. The van der Waals surface area contributed by atoms with E-state index in [1.807, 2.05) is 0 Å². The Morgan fingerprint density at radius 3 is 2.86 bits per heavy atom. The molecular formula is C18H10F2N4O3S. The van der Waals surface area contributed by atoms with Crippen LogP contribution in [0.5, 0.6) is 11.5 Å². The second kappa shape index (κ2) is 5.99. The van der Waals surface area contributed by atoms with E-state index in [0.717, 1.165) is 0 Å². The molecule has 2 aromatic carbocycles. The van der Waals surface area contributed by atoms with Crippen LogP contribution in [0.15, 0.2) is 48.0 Å². The highest BCUT2D eigenvalue weighted by Gasteiger charge is 2.44. The Labute approximate surface area is 160 Å². The van der Waals surface area contributed by atoms with Crippen LogP contribution in [0.3, 0.4) is 0 Å². The van der Waals surface area contributed by atoms with Crippen LogP contribution in [-0.4, -0.2) is 27.2 Å². The van der Waals surface area contributed by atoms with Gasteiger partial charge >= 0.3 is 6.29 Å². The highest BCUT2D eigenvalue weighted by Crippen LogP contribution is 2.46. The number of ether oxygens (including phenoxy) is 2. The molecule has 0 bridgehead atoms. The van der Waals surface area contributed by atoms with Crippen molar-refractivity contribution >= 4 is 33.4 Å². The van der Waals surface area contributed by atoms with E-state index in [-0.39, 0.29) is 23.2 Å². The summed E-state index contributed by atoms with van der Waals surface area (Å²) in [7, 11) is 0. The Hall–Kier alpha value is -3.53. The number of fused-ring (bicyclic) bond motifs is 2. The quantitative estimate of drug-likeness (QED) is 0.536. The number of nitrogens with one attached hydrogen (secondary N) is 2. The van der Waals surface area contributed by atoms with Crippen molar-refractivity contribution in [1.82, 2.24) is 15.0 Å². The lowest BCUT2D eigenvalue weighted by Crippen LogP contribution is -2.26. The summed E-state index contributed by atoms with van der Waals surface area (Å²) in [4.78, 5) is 24.1. The normalized spacial score (nSPS) is 14.4. The fourth-order valence-electron chi connectivity index (χ4n) is 2.95. The third-order valence-corrected chi connectivity index (χ3v) is 4.78. The first-order valence-electron chi connectivity index (χ1n) is 8.09. The predicted molar refractivity (Wildman–Crippen MR) is 97.8 cm³/mol. The molecule has 0 atom stereocenters. The van der Waals surface area contributed by atoms with Crippen molar-refractivity contribution < 1.29 is 23.0 Å². The molecule has 0 aliphatic carbocycles. The number of aromatic nitrogens is 3. The SMILES string of the molecule is O=C(Nc1nccs1)c1cccc2[nH]c(-c3cccc4c3OC(F)(F)O4)nc12. The smallest absolute Gasteiger partial charge is 0.395 e. The van der Waals surface area contributed by atoms with Gasteiger partial charge in [0.25, 0.3) is 5.91 Å². The van der Waals surface area contributed by atoms with Crippen LogP contribution in [0.2, 0.25) is 0 Å². The molecule has 0 radical (unpaired) electrons. The van der Waals surface area contributed by atoms with Crippen molar-refractivity contribution in [3.8, 4) is 22.9 Å². The van der Waals surface area contributed by atoms with Gasteiger partial charge in [-0.1, -0.05) is 12.1 Å². The molecule has 0 fully saturated rings. The molecule has 0 saturated carbocycles. The number of alkyl halides is 2. The first-order valence-corrected chi connectivity index (χ1v) is 8.97. The van der Waals surface area contributed by atoms with E-state index in [2.05, 4.69) is 29.7 Å². The van der Waals surface area contributed by atoms with Gasteiger partial charge in [0.15, 0.2) is 16.6 Å². The molecule has 28 heavy (non-hydrogen) atoms. The minimum Gasteiger partial charge on any atom is -0.395 e. The number of thiazole rings is 1. The van der Waals surface area contributed by atoms with E-state index in [1.54, 1.807) is 41.9 Å². The third-order valence-electron chi connectivity index (χ3n) is 4.09. The summed E-state index contributed by atoms with van der Waals surface area (Å²) in [6.45, 7) is 0. The Balaban J connectivity index is 1.57. The van der Waals surface area contributed by atoms with E-state index < -0.39 is 6.29 Å². The van der Waals surface area contributed by atoms with Crippen molar-refractivity contribution in [2.24, 2.45) is 0 Å². The molecule has 10 heteroatoms. The van der Waals surface area contributed by atoms with Crippen molar-refractivity contribution in [3.05, 3.63) is 53.5 Å². The number of rotatable bonds is 3. The summed E-state index contributed by atoms with van der Waals surface area (Å²) in [6.07, 6.45) is -2.15. The van der Waals surface area contributed by atoms with Crippen LogP contribution in [0.1, 0.15) is 10.4 Å². The minimum absolute atomic E-state index is 0.0790. The number of H-pyrrole nitrogens is 1. The summed E-state index contributed by atoms with van der Waals surface area (Å²) in [5.41, 5.74) is 1.60. The zero-order valence-corrected chi connectivity index (χ0v) is 14.7. The van der Waals surface area contributed by atoms with Crippen LogP contribution in [-0.2, 0) is 0 Å². The van der Waals surface area contributed by atoms with Gasteiger partial charge in [-0.3, -0.25) is 10.1 Å². The standard InChI is InChI=1S/C18H10F2N4O3S/c19-18(20)26-12-6-2-4-10(14(12)27-18)15-22-11-5-1-3-9(13(11)23-15)16(25)24-17-21-7-8-28-17/h1-8H,(H,22,23)(H,21,24,25). The number of anilines is 1. The van der Waals surface area contributed by atoms with Crippen molar-refractivity contribution in [1.29, 1.82) is 0 Å². The zero-order chi connectivity index (χ0) is 19.3. The lowest BCUT2D eigenvalue weighted by atomic mass is 10.1. The number of carbonyl (C=O) groups is 1. The number of aromatic amines is 1. The van der Waals surface area contributed by atoms with Gasteiger partial charge in [0.2, 0.25) is 0 Å². The number of amides is 1. The first kappa shape index (κ1) is 16.6. The van der Waals surface area contributed by atoms with Gasteiger partial charge in [-0.2, -0.15) is 0 Å². The minimum atomic E-state index is -3.73. The van der Waals surface area contributed by atoms with Gasteiger partial charge in [0, 0.05) is 11.6 Å². The molecule has 1 amide bonds. The summed E-state index contributed by atoms with van der Waals surface area (Å²) < 4.78 is 36.0. The third kappa shape index (κ3) is 2.74. The molecule has 2 N–H and O–H groups in total. The highest BCUT2D eigenvalue weighted by atomic mass is 32.1. The molecule has 5 rings (SSSR count). The maximum atomic E-state index is 13.5. The van der Waals surface area contributed by atoms with Gasteiger partial charge in [0.05, 0.1) is 16.6 Å². The second-order valence-electron chi connectivity index (χ2n) is 5.88. The van der Waals surface area contributed by atoms with Crippen LogP contribution in [0.4, 0.5) is 13.9 Å². The van der Waals surface area contributed by atoms with Crippen LogP contribution < -0.4 is 14.8 Å². The van der Waals surface area contributed by atoms with Crippen molar-refractivity contribution in [2.45, 2.75) is 6.29 Å². The number of imidazole rings is 1. The number of hydrogen-bond acceptors (Lipinski definition) is 6. The summed E-state index contributed by atoms with van der Waals surface area (Å²) in [5.74, 6) is -0.282. The molecule has 2 aromatic heterocycles. The van der Waals surface area contributed by atoms with E-state index in [9.17, 15) is 13.6 Å². The Bertz CT molecular complexity index is 1210. The zero-order valence-electron chi connectivity index (χ0n) is 13.9. The van der Waals surface area contributed by atoms with Crippen LogP contribution in [0, 0.1) is 0 Å². The average Bonchev–Trinajstić information content (AvgIpc) is 3.37. The summed E-state index contributed by atoms with van der Waals surface area (Å²) in [6, 6.07) is 9.58. The molecule has 7 nitrogen and oxygen atoms in total. The fourth-order valence-corrected chi connectivity index (χ4v) is 3.47. The molecule has 140 valence electrons. The molecule has 4 aromatic rings. The molecular weight excluding hydrogens is 390 g/mol. The van der Waals surface area contributed by atoms with Crippen molar-refractivity contribution in [2.75, 3.05) is 5.32 Å². The van der Waals surface area contributed by atoms with Crippen molar-refractivity contribution in [3.63, 3.8) is 0 Å². The number of nitrogens with zero attached hydrogens (tertiary/aromatic N) is 2. The second-order valence-corrected chi connectivity index (χ2v) is 6.77. The number of halogens is 2. The Kier molecular flexibility index (Phi) is 3.56. The lowest BCUT2D eigenvalue weighted by molar-refractivity contribution is -0.286. The van der Waals surface area contributed by atoms with Gasteiger partial charge in [-0.15, -0.1) is 20.1 Å². The van der Waals surface area contributed by atoms with Gasteiger partial charge < -0.3 is 14.5 Å². The van der Waals surface area contributed by atoms with Gasteiger partial charge in [0.1, 0.15) is 11.3 Å². The monoisotopic (exact) mass is 400 g/mol.